The number of benzene rings is 1. The molecule has 3 rings (SSSR count). The van der Waals surface area contributed by atoms with Crippen molar-refractivity contribution in [3.63, 3.8) is 0 Å². The molecule has 0 radical (unpaired) electrons. The average molecular weight is 311 g/mol. The van der Waals surface area contributed by atoms with Gasteiger partial charge in [0.15, 0.2) is 0 Å². The van der Waals surface area contributed by atoms with Gasteiger partial charge in [0.2, 0.25) is 0 Å². The molecule has 0 spiro atoms. The van der Waals surface area contributed by atoms with Gasteiger partial charge in [0, 0.05) is 35.6 Å². The van der Waals surface area contributed by atoms with Gasteiger partial charge >= 0.3 is 5.97 Å². The number of pyridine rings is 1. The summed E-state index contributed by atoms with van der Waals surface area (Å²) in [5.74, 6) is -1.19. The molecule has 0 amide bonds. The smallest absolute Gasteiger partial charge is 0.303 e. The molecule has 0 saturated heterocycles. The Hall–Kier alpha value is -3.02. The zero-order valence-electron chi connectivity index (χ0n) is 12.2. The number of carboxylic acids is 1. The first-order valence-electron chi connectivity index (χ1n) is 7.10. The summed E-state index contributed by atoms with van der Waals surface area (Å²) < 4.78 is 13.1. The fraction of sp³-hybridized carbons (Fsp3) is 0.118. The van der Waals surface area contributed by atoms with E-state index in [2.05, 4.69) is 15.2 Å². The molecule has 0 aliphatic heterocycles. The van der Waals surface area contributed by atoms with Gasteiger partial charge in [0.05, 0.1) is 6.42 Å². The fourth-order valence-corrected chi connectivity index (χ4v) is 2.44. The number of halogens is 1. The van der Waals surface area contributed by atoms with Crippen molar-refractivity contribution in [3.8, 4) is 22.4 Å². The van der Waals surface area contributed by atoms with Gasteiger partial charge in [-0.2, -0.15) is 5.10 Å². The van der Waals surface area contributed by atoms with Crippen molar-refractivity contribution in [2.24, 2.45) is 0 Å². The molecule has 2 aromatic heterocycles. The lowest BCUT2D eigenvalue weighted by atomic mass is 9.98. The third-order valence-electron chi connectivity index (χ3n) is 3.52. The average Bonchev–Trinajstić information content (AvgIpc) is 2.98. The predicted molar refractivity (Wildman–Crippen MR) is 83.2 cm³/mol. The van der Waals surface area contributed by atoms with Crippen molar-refractivity contribution in [1.29, 1.82) is 0 Å². The van der Waals surface area contributed by atoms with Gasteiger partial charge in [-0.25, -0.2) is 4.39 Å². The molecule has 2 heterocycles. The highest BCUT2D eigenvalue weighted by Crippen LogP contribution is 2.33. The Morgan fingerprint density at radius 2 is 1.78 bits per heavy atom. The first-order valence-corrected chi connectivity index (χ1v) is 7.10. The van der Waals surface area contributed by atoms with Crippen LogP contribution in [0, 0.1) is 5.82 Å². The van der Waals surface area contributed by atoms with E-state index in [1.165, 1.54) is 12.1 Å². The van der Waals surface area contributed by atoms with Crippen LogP contribution in [0.15, 0.2) is 48.8 Å². The molecular weight excluding hydrogens is 297 g/mol. The number of carbonyl (C=O) groups is 1. The maximum absolute atomic E-state index is 13.1. The second-order valence-electron chi connectivity index (χ2n) is 5.06. The number of aliphatic carboxylic acids is 1. The second-order valence-corrected chi connectivity index (χ2v) is 5.06. The highest BCUT2D eigenvalue weighted by atomic mass is 19.1. The number of carboxylic acid groups (broad SMARTS) is 1. The van der Waals surface area contributed by atoms with Crippen LogP contribution in [-0.2, 0) is 11.2 Å². The third kappa shape index (κ3) is 3.26. The van der Waals surface area contributed by atoms with E-state index in [-0.39, 0.29) is 12.2 Å². The molecule has 0 bridgehead atoms. The SMILES string of the molecule is O=C(O)CCc1[nH]nc(-c2ccc(F)cc2)c1-c1ccncc1. The summed E-state index contributed by atoms with van der Waals surface area (Å²) in [6.45, 7) is 0. The highest BCUT2D eigenvalue weighted by Gasteiger charge is 2.17. The van der Waals surface area contributed by atoms with Crippen LogP contribution in [0.4, 0.5) is 4.39 Å². The normalized spacial score (nSPS) is 10.7. The van der Waals surface area contributed by atoms with Crippen molar-refractivity contribution in [1.82, 2.24) is 15.2 Å². The highest BCUT2D eigenvalue weighted by molar-refractivity contribution is 5.82. The van der Waals surface area contributed by atoms with E-state index in [4.69, 9.17) is 5.11 Å². The van der Waals surface area contributed by atoms with E-state index in [1.807, 2.05) is 12.1 Å². The Morgan fingerprint density at radius 3 is 2.43 bits per heavy atom. The van der Waals surface area contributed by atoms with Crippen LogP contribution in [-0.4, -0.2) is 26.3 Å². The summed E-state index contributed by atoms with van der Waals surface area (Å²) in [5, 5.41) is 16.1. The van der Waals surface area contributed by atoms with Crippen LogP contribution in [0.25, 0.3) is 22.4 Å². The zero-order valence-corrected chi connectivity index (χ0v) is 12.2. The third-order valence-corrected chi connectivity index (χ3v) is 3.52. The minimum atomic E-state index is -0.872. The van der Waals surface area contributed by atoms with Gasteiger partial charge in [-0.15, -0.1) is 0 Å². The van der Waals surface area contributed by atoms with Crippen LogP contribution >= 0.6 is 0 Å². The molecule has 0 fully saturated rings. The van der Waals surface area contributed by atoms with Gasteiger partial charge in [-0.3, -0.25) is 14.9 Å². The number of aromatic nitrogens is 3. The predicted octanol–water partition coefficient (Wildman–Crippen LogP) is 3.30. The quantitative estimate of drug-likeness (QED) is 0.758. The van der Waals surface area contributed by atoms with Crippen LogP contribution in [0.2, 0.25) is 0 Å². The fourth-order valence-electron chi connectivity index (χ4n) is 2.44. The lowest BCUT2D eigenvalue weighted by Gasteiger charge is -2.06. The van der Waals surface area contributed by atoms with E-state index in [1.54, 1.807) is 24.5 Å². The van der Waals surface area contributed by atoms with E-state index >= 15 is 0 Å². The summed E-state index contributed by atoms with van der Waals surface area (Å²) in [7, 11) is 0. The summed E-state index contributed by atoms with van der Waals surface area (Å²) in [6.07, 6.45) is 3.67. The summed E-state index contributed by atoms with van der Waals surface area (Å²) in [4.78, 5) is 14.8. The molecule has 0 unspecified atom stereocenters. The Kier molecular flexibility index (Phi) is 4.14. The van der Waals surface area contributed by atoms with Crippen LogP contribution in [0.5, 0.6) is 0 Å². The molecule has 2 N–H and O–H groups in total. The molecule has 116 valence electrons. The minimum absolute atomic E-state index is 0.00311. The molecule has 6 heteroatoms. The van der Waals surface area contributed by atoms with Crippen molar-refractivity contribution >= 4 is 5.97 Å². The Bertz CT molecular complexity index is 814. The van der Waals surface area contributed by atoms with Crippen LogP contribution in [0.1, 0.15) is 12.1 Å². The maximum atomic E-state index is 13.1. The minimum Gasteiger partial charge on any atom is -0.481 e. The monoisotopic (exact) mass is 311 g/mol. The second kappa shape index (κ2) is 6.39. The van der Waals surface area contributed by atoms with E-state index in [0.29, 0.717) is 12.1 Å². The molecule has 5 nitrogen and oxygen atoms in total. The first-order chi connectivity index (χ1) is 11.1. The number of hydrogen-bond acceptors (Lipinski definition) is 3. The number of rotatable bonds is 5. The van der Waals surface area contributed by atoms with Gasteiger partial charge in [0.25, 0.3) is 0 Å². The number of nitrogens with zero attached hydrogens (tertiary/aromatic N) is 2. The van der Waals surface area contributed by atoms with Crippen LogP contribution in [0.3, 0.4) is 0 Å². The topological polar surface area (TPSA) is 78.9 Å². The lowest BCUT2D eigenvalue weighted by Crippen LogP contribution is -1.99. The van der Waals surface area contributed by atoms with Crippen molar-refractivity contribution in [2.45, 2.75) is 12.8 Å². The summed E-state index contributed by atoms with van der Waals surface area (Å²) >= 11 is 0. The van der Waals surface area contributed by atoms with E-state index in [9.17, 15) is 9.18 Å². The zero-order chi connectivity index (χ0) is 16.2. The molecule has 1 aromatic carbocycles. The van der Waals surface area contributed by atoms with Gasteiger partial charge in [0.1, 0.15) is 11.5 Å². The number of aryl methyl sites for hydroxylation is 1. The number of H-pyrrole nitrogens is 1. The lowest BCUT2D eigenvalue weighted by molar-refractivity contribution is -0.136. The van der Waals surface area contributed by atoms with Gasteiger partial charge < -0.3 is 5.11 Å². The molecule has 0 aliphatic carbocycles. The molecule has 0 aliphatic rings. The van der Waals surface area contributed by atoms with E-state index in [0.717, 1.165) is 22.4 Å². The van der Waals surface area contributed by atoms with Crippen LogP contribution < -0.4 is 0 Å². The first kappa shape index (κ1) is 14.9. The largest absolute Gasteiger partial charge is 0.481 e. The summed E-state index contributed by atoms with van der Waals surface area (Å²) in [5.41, 5.74) is 3.86. The molecule has 3 aromatic rings. The Morgan fingerprint density at radius 1 is 1.09 bits per heavy atom. The number of aromatic amines is 1. The van der Waals surface area contributed by atoms with Gasteiger partial charge in [-0.05, 0) is 42.0 Å². The Balaban J connectivity index is 2.09. The molecule has 0 saturated carbocycles. The van der Waals surface area contributed by atoms with Crippen molar-refractivity contribution in [3.05, 3.63) is 60.3 Å². The molecule has 0 atom stereocenters. The summed E-state index contributed by atoms with van der Waals surface area (Å²) in [6, 6.07) is 9.72. The van der Waals surface area contributed by atoms with E-state index < -0.39 is 5.97 Å². The van der Waals surface area contributed by atoms with Gasteiger partial charge in [-0.1, -0.05) is 0 Å². The number of hydrogen-bond donors (Lipinski definition) is 2. The standard InChI is InChI=1S/C17H14FN3O2/c18-13-3-1-12(2-4-13)17-16(11-7-9-19-10-8-11)14(20-21-17)5-6-15(22)23/h1-4,7-10H,5-6H2,(H,20,21)(H,22,23). The van der Waals surface area contributed by atoms with Crippen molar-refractivity contribution < 1.29 is 14.3 Å². The Labute approximate surface area is 131 Å². The molecule has 23 heavy (non-hydrogen) atoms. The molecular formula is C17H14FN3O2. The van der Waals surface area contributed by atoms with Crippen molar-refractivity contribution in [2.75, 3.05) is 0 Å². The number of nitrogens with one attached hydrogen (secondary N) is 1. The maximum Gasteiger partial charge on any atom is 0.303 e.